The number of nitrogens with zero attached hydrogens (tertiary/aromatic N) is 5. The smallest absolute Gasteiger partial charge is 0.295 e. The number of nitro groups is 2. The van der Waals surface area contributed by atoms with Gasteiger partial charge in [-0.25, -0.2) is 0 Å². The Morgan fingerprint density at radius 3 is 2.03 bits per heavy atom. The highest BCUT2D eigenvalue weighted by Crippen LogP contribution is 2.30. The summed E-state index contributed by atoms with van der Waals surface area (Å²) >= 11 is 0. The Morgan fingerprint density at radius 2 is 1.49 bits per heavy atom. The van der Waals surface area contributed by atoms with Crippen LogP contribution in [0.2, 0.25) is 0 Å². The van der Waals surface area contributed by atoms with E-state index in [1.165, 1.54) is 25.3 Å². The van der Waals surface area contributed by atoms with Gasteiger partial charge in [-0.15, -0.1) is 10.2 Å². The van der Waals surface area contributed by atoms with E-state index >= 15 is 0 Å². The monoisotopic (exact) mass is 580 g/mol. The molecule has 0 saturated carbocycles. The number of hydrazone groups is 1. The van der Waals surface area contributed by atoms with Gasteiger partial charge in [-0.2, -0.15) is 21.9 Å². The zero-order valence-corrected chi connectivity index (χ0v) is 21.0. The normalized spacial score (nSPS) is 12.3. The minimum absolute atomic E-state index is 0.0451. The molecule has 0 aliphatic heterocycles. The second-order valence-electron chi connectivity index (χ2n) is 7.27. The van der Waals surface area contributed by atoms with Crippen LogP contribution in [-0.2, 0) is 20.2 Å². The lowest BCUT2D eigenvalue weighted by Gasteiger charge is -2.10. The molecule has 0 saturated heterocycles. The van der Waals surface area contributed by atoms with Gasteiger partial charge < -0.3 is 4.74 Å². The Kier molecular flexibility index (Phi) is 8.30. The third kappa shape index (κ3) is 7.13. The first kappa shape index (κ1) is 28.7. The molecule has 3 aromatic rings. The molecule has 0 unspecified atom stereocenters. The van der Waals surface area contributed by atoms with Crippen molar-refractivity contribution in [2.24, 2.45) is 15.3 Å². The summed E-state index contributed by atoms with van der Waals surface area (Å²) in [7, 11) is -8.80. The average molecular weight is 581 g/mol. The van der Waals surface area contributed by atoms with Crippen LogP contribution in [0.3, 0.4) is 0 Å². The van der Waals surface area contributed by atoms with E-state index in [1.54, 1.807) is 0 Å². The topological polar surface area (TPSA) is 253 Å². The number of rotatable bonds is 9. The highest BCUT2D eigenvalue weighted by molar-refractivity contribution is 7.86. The van der Waals surface area contributed by atoms with Gasteiger partial charge in [0, 0.05) is 23.8 Å². The Bertz CT molecular complexity index is 1720. The molecule has 0 atom stereocenters. The number of benzene rings is 3. The van der Waals surface area contributed by atoms with Gasteiger partial charge in [0.2, 0.25) is 5.84 Å². The maximum absolute atomic E-state index is 12.1. The molecule has 3 N–H and O–H groups in total. The van der Waals surface area contributed by atoms with Crippen LogP contribution in [0.1, 0.15) is 5.56 Å². The molecular weight excluding hydrogens is 564 g/mol. The van der Waals surface area contributed by atoms with Crippen LogP contribution in [0, 0.1) is 20.2 Å². The van der Waals surface area contributed by atoms with E-state index < -0.39 is 51.3 Å². The highest BCUT2D eigenvalue weighted by Gasteiger charge is 2.24. The quantitative estimate of drug-likeness (QED) is 0.0820. The minimum atomic E-state index is -5.13. The Balaban J connectivity index is 2.17. The zero-order chi connectivity index (χ0) is 29.0. The summed E-state index contributed by atoms with van der Waals surface area (Å²) in [6, 6.07) is 10.2. The van der Waals surface area contributed by atoms with Crippen molar-refractivity contribution in [1.82, 2.24) is 0 Å². The molecule has 0 aliphatic carbocycles. The van der Waals surface area contributed by atoms with Crippen LogP contribution in [0.5, 0.6) is 5.75 Å². The molecule has 0 heterocycles. The molecule has 3 aromatic carbocycles. The van der Waals surface area contributed by atoms with Crippen molar-refractivity contribution in [3.63, 3.8) is 0 Å². The van der Waals surface area contributed by atoms with Crippen LogP contribution < -0.4 is 10.2 Å². The summed E-state index contributed by atoms with van der Waals surface area (Å²) in [5.74, 6) is -0.611. The second-order valence-corrected chi connectivity index (χ2v) is 10.1. The van der Waals surface area contributed by atoms with Crippen LogP contribution in [0.25, 0.3) is 0 Å². The van der Waals surface area contributed by atoms with Gasteiger partial charge in [0.1, 0.15) is 4.90 Å². The summed E-state index contributed by atoms with van der Waals surface area (Å²) < 4.78 is 71.3. The predicted octanol–water partition coefficient (Wildman–Crippen LogP) is 3.56. The van der Waals surface area contributed by atoms with Crippen molar-refractivity contribution in [1.29, 1.82) is 0 Å². The molecule has 39 heavy (non-hydrogen) atoms. The minimum Gasteiger partial charge on any atom is -0.494 e. The largest absolute Gasteiger partial charge is 0.494 e. The fourth-order valence-corrected chi connectivity index (χ4v) is 4.24. The van der Waals surface area contributed by atoms with Gasteiger partial charge in [0.15, 0.2) is 5.75 Å². The lowest BCUT2D eigenvalue weighted by atomic mass is 10.2. The molecule has 17 nitrogen and oxygen atoms in total. The molecule has 0 radical (unpaired) electrons. The number of azo groups is 1. The van der Waals surface area contributed by atoms with Crippen molar-refractivity contribution in [3.8, 4) is 5.75 Å². The van der Waals surface area contributed by atoms with E-state index in [-0.39, 0.29) is 28.5 Å². The van der Waals surface area contributed by atoms with E-state index in [1.807, 2.05) is 0 Å². The number of nitro benzene ring substituents is 2. The maximum atomic E-state index is 12.1. The number of amidine groups is 1. The number of non-ortho nitro benzene ring substituents is 2. The highest BCUT2D eigenvalue weighted by atomic mass is 32.2. The Labute approximate surface area is 219 Å². The van der Waals surface area contributed by atoms with E-state index in [9.17, 15) is 46.2 Å². The summed E-state index contributed by atoms with van der Waals surface area (Å²) in [4.78, 5) is 18.7. The molecule has 0 bridgehead atoms. The van der Waals surface area contributed by atoms with Gasteiger partial charge in [-0.1, -0.05) is 0 Å². The molecular formula is C20H16N6O11S2. The van der Waals surface area contributed by atoms with Crippen molar-refractivity contribution in [3.05, 3.63) is 86.5 Å². The molecule has 0 amide bonds. The van der Waals surface area contributed by atoms with Gasteiger partial charge in [0.05, 0.1) is 39.3 Å². The number of hydrogen-bond acceptors (Lipinski definition) is 12. The van der Waals surface area contributed by atoms with E-state index in [0.717, 1.165) is 36.4 Å². The first-order valence-corrected chi connectivity index (χ1v) is 13.0. The predicted molar refractivity (Wildman–Crippen MR) is 133 cm³/mol. The SMILES string of the molecule is COc1cc([N+](=O)[O-])ccc1NN=C(N=Nc1ccc([N+](=O)[O-])cc1)c1ccc(S(=O)(=O)O)cc1S(=O)(=O)O. The third-order valence-corrected chi connectivity index (χ3v) is 6.51. The molecule has 3 rings (SSSR count). The Morgan fingerprint density at radius 1 is 0.872 bits per heavy atom. The molecule has 0 aliphatic rings. The number of hydrogen-bond donors (Lipinski definition) is 3. The van der Waals surface area contributed by atoms with E-state index in [4.69, 9.17) is 4.74 Å². The van der Waals surface area contributed by atoms with Gasteiger partial charge >= 0.3 is 0 Å². The van der Waals surface area contributed by atoms with Gasteiger partial charge in [-0.3, -0.25) is 34.8 Å². The van der Waals surface area contributed by atoms with Crippen LogP contribution in [-0.4, -0.2) is 48.7 Å². The zero-order valence-electron chi connectivity index (χ0n) is 19.4. The molecule has 0 spiro atoms. The van der Waals surface area contributed by atoms with Crippen molar-refractivity contribution in [2.75, 3.05) is 12.5 Å². The van der Waals surface area contributed by atoms with Crippen LogP contribution >= 0.6 is 0 Å². The summed E-state index contributed by atoms with van der Waals surface area (Å²) in [6.45, 7) is 0. The number of anilines is 1. The summed E-state index contributed by atoms with van der Waals surface area (Å²) in [6.07, 6.45) is 0. The maximum Gasteiger partial charge on any atom is 0.295 e. The van der Waals surface area contributed by atoms with Crippen LogP contribution in [0.15, 0.2) is 85.8 Å². The Hall–Kier alpha value is -4.85. The first-order valence-electron chi connectivity index (χ1n) is 10.1. The molecule has 19 heteroatoms. The summed E-state index contributed by atoms with van der Waals surface area (Å²) in [5.41, 5.74) is 1.54. The van der Waals surface area contributed by atoms with Crippen molar-refractivity contribution >= 4 is 48.8 Å². The van der Waals surface area contributed by atoms with E-state index in [2.05, 4.69) is 20.8 Å². The fourth-order valence-electron chi connectivity index (χ4n) is 2.94. The standard InChI is InChI=1S/C20H16N6O11S2/c1-37-18-10-14(26(29)30)6-9-17(18)22-24-20(23-21-12-2-4-13(5-3-12)25(27)28)16-8-7-15(38(31,32)33)11-19(16)39(34,35)36/h2-11,22H,1H3,(H,31,32,33)(H,34,35,36). The molecule has 204 valence electrons. The summed E-state index contributed by atoms with van der Waals surface area (Å²) in [5, 5.41) is 33.5. The lowest BCUT2D eigenvalue weighted by Crippen LogP contribution is -2.11. The number of methoxy groups -OCH3 is 1. The fraction of sp³-hybridized carbons (Fsp3) is 0.0500. The van der Waals surface area contributed by atoms with Crippen LogP contribution in [0.4, 0.5) is 22.7 Å². The molecule has 0 fully saturated rings. The van der Waals surface area contributed by atoms with E-state index in [0.29, 0.717) is 6.07 Å². The first-order chi connectivity index (χ1) is 18.2. The average Bonchev–Trinajstić information content (AvgIpc) is 2.87. The van der Waals surface area contributed by atoms with Gasteiger partial charge in [0.25, 0.3) is 31.6 Å². The van der Waals surface area contributed by atoms with Crippen molar-refractivity contribution < 1.29 is 40.5 Å². The number of ether oxygens (including phenoxy) is 1. The second kappa shape index (κ2) is 11.3. The number of nitrogens with one attached hydrogen (secondary N) is 1. The molecule has 0 aromatic heterocycles. The van der Waals surface area contributed by atoms with Crippen molar-refractivity contribution in [2.45, 2.75) is 9.79 Å². The third-order valence-electron chi connectivity index (χ3n) is 4.77. The van der Waals surface area contributed by atoms with Gasteiger partial charge in [-0.05, 0) is 36.4 Å². The lowest BCUT2D eigenvalue weighted by molar-refractivity contribution is -0.385.